The molecule has 0 saturated carbocycles. The molecule has 0 amide bonds. The average molecular weight is 579 g/mol. The van der Waals surface area contributed by atoms with E-state index in [0.29, 0.717) is 17.5 Å². The van der Waals surface area contributed by atoms with Gasteiger partial charge in [-0.15, -0.1) is 0 Å². The zero-order valence-electron chi connectivity index (χ0n) is 25.1. The van der Waals surface area contributed by atoms with E-state index in [9.17, 15) is 0 Å². The Kier molecular flexibility index (Phi) is 6.42. The maximum absolute atomic E-state index is 5.03. The Bertz CT molecular complexity index is 2190. The highest BCUT2D eigenvalue weighted by Crippen LogP contribution is 2.49. The van der Waals surface area contributed by atoms with Gasteiger partial charge < -0.3 is 0 Å². The van der Waals surface area contributed by atoms with Gasteiger partial charge in [0.05, 0.1) is 0 Å². The molecule has 4 nitrogen and oxygen atoms in total. The van der Waals surface area contributed by atoms with Crippen molar-refractivity contribution in [3.63, 3.8) is 0 Å². The van der Waals surface area contributed by atoms with E-state index in [0.717, 1.165) is 33.4 Å². The van der Waals surface area contributed by atoms with E-state index in [1.807, 2.05) is 18.2 Å². The molecule has 0 saturated heterocycles. The molecule has 8 rings (SSSR count). The number of hydrogen-bond acceptors (Lipinski definition) is 4. The van der Waals surface area contributed by atoms with E-state index in [1.54, 1.807) is 12.4 Å². The fourth-order valence-corrected chi connectivity index (χ4v) is 6.46. The van der Waals surface area contributed by atoms with Crippen molar-refractivity contribution in [1.82, 2.24) is 19.9 Å². The summed E-state index contributed by atoms with van der Waals surface area (Å²) in [6.45, 7) is 4.62. The molecule has 2 aromatic heterocycles. The van der Waals surface area contributed by atoms with Gasteiger partial charge in [-0.05, 0) is 74.8 Å². The first-order chi connectivity index (χ1) is 22.0. The van der Waals surface area contributed by atoms with E-state index >= 15 is 0 Å². The van der Waals surface area contributed by atoms with Crippen molar-refractivity contribution < 1.29 is 0 Å². The quantitative estimate of drug-likeness (QED) is 0.204. The van der Waals surface area contributed by atoms with Crippen LogP contribution in [-0.2, 0) is 5.41 Å². The largest absolute Gasteiger partial charge is 0.264 e. The summed E-state index contributed by atoms with van der Waals surface area (Å²) in [6.07, 6.45) is 3.55. The predicted molar refractivity (Wildman–Crippen MR) is 182 cm³/mol. The van der Waals surface area contributed by atoms with Crippen LogP contribution in [0.15, 0.2) is 146 Å². The zero-order chi connectivity index (χ0) is 30.4. The molecule has 5 aromatic carbocycles. The standard InChI is InChI=1S/C41H30N4/c1-41(2)36-19-7-6-18-34(36)35-25-30(20-21-37(35)41)29-14-9-16-32(24-29)39-43-38(44-40(45-39)33-17-10-22-42-26-33)31-15-8-13-28(23-31)27-11-4-3-5-12-27/h3-26H,1-2H3. The second-order valence-corrected chi connectivity index (χ2v) is 12.0. The summed E-state index contributed by atoms with van der Waals surface area (Å²) < 4.78 is 0. The summed E-state index contributed by atoms with van der Waals surface area (Å²) in [5.41, 5.74) is 12.6. The van der Waals surface area contributed by atoms with Crippen molar-refractivity contribution in [3.8, 4) is 67.5 Å². The molecule has 0 unspecified atom stereocenters. The number of nitrogens with zero attached hydrogens (tertiary/aromatic N) is 4. The lowest BCUT2D eigenvalue weighted by atomic mass is 9.82. The average Bonchev–Trinajstić information content (AvgIpc) is 3.34. The Morgan fingerprint density at radius 1 is 0.400 bits per heavy atom. The summed E-state index contributed by atoms with van der Waals surface area (Å²) >= 11 is 0. The van der Waals surface area contributed by atoms with E-state index in [-0.39, 0.29) is 5.41 Å². The van der Waals surface area contributed by atoms with Gasteiger partial charge in [-0.2, -0.15) is 0 Å². The Balaban J connectivity index is 1.24. The first kappa shape index (κ1) is 26.9. The fraction of sp³-hybridized carbons (Fsp3) is 0.0732. The minimum atomic E-state index is -0.0197. The van der Waals surface area contributed by atoms with E-state index in [1.165, 1.54) is 27.8 Å². The molecule has 0 radical (unpaired) electrons. The molecule has 0 aliphatic heterocycles. The van der Waals surface area contributed by atoms with Crippen molar-refractivity contribution in [2.24, 2.45) is 0 Å². The number of pyridine rings is 1. The van der Waals surface area contributed by atoms with Crippen molar-refractivity contribution in [2.45, 2.75) is 19.3 Å². The Morgan fingerprint density at radius 2 is 0.933 bits per heavy atom. The highest BCUT2D eigenvalue weighted by atomic mass is 15.0. The highest BCUT2D eigenvalue weighted by Gasteiger charge is 2.35. The molecular formula is C41H30N4. The van der Waals surface area contributed by atoms with Gasteiger partial charge in [-0.3, -0.25) is 4.98 Å². The molecule has 7 aromatic rings. The smallest absolute Gasteiger partial charge is 0.165 e. The molecule has 0 atom stereocenters. The van der Waals surface area contributed by atoms with Crippen LogP contribution in [-0.4, -0.2) is 19.9 Å². The molecule has 1 aliphatic rings. The van der Waals surface area contributed by atoms with Gasteiger partial charge in [0.15, 0.2) is 17.5 Å². The minimum absolute atomic E-state index is 0.0197. The summed E-state index contributed by atoms with van der Waals surface area (Å²) in [5, 5.41) is 0. The van der Waals surface area contributed by atoms with Crippen molar-refractivity contribution in [2.75, 3.05) is 0 Å². The lowest BCUT2D eigenvalue weighted by Gasteiger charge is -2.21. The summed E-state index contributed by atoms with van der Waals surface area (Å²) in [5.74, 6) is 1.84. The van der Waals surface area contributed by atoms with E-state index in [2.05, 4.69) is 134 Å². The summed E-state index contributed by atoms with van der Waals surface area (Å²) in [6, 6.07) is 46.7. The van der Waals surface area contributed by atoms with E-state index < -0.39 is 0 Å². The van der Waals surface area contributed by atoms with Crippen LogP contribution in [0.4, 0.5) is 0 Å². The minimum Gasteiger partial charge on any atom is -0.264 e. The summed E-state index contributed by atoms with van der Waals surface area (Å²) in [4.78, 5) is 19.2. The second kappa shape index (κ2) is 10.8. The third-order valence-corrected chi connectivity index (χ3v) is 8.82. The van der Waals surface area contributed by atoms with Crippen LogP contribution >= 0.6 is 0 Å². The maximum Gasteiger partial charge on any atom is 0.165 e. The molecule has 0 bridgehead atoms. The second-order valence-electron chi connectivity index (χ2n) is 12.0. The number of fused-ring (bicyclic) bond motifs is 3. The van der Waals surface area contributed by atoms with Crippen molar-refractivity contribution in [1.29, 1.82) is 0 Å². The Labute approximate surface area is 263 Å². The third kappa shape index (κ3) is 4.81. The van der Waals surface area contributed by atoms with Crippen LogP contribution in [0.3, 0.4) is 0 Å². The molecule has 1 aliphatic carbocycles. The first-order valence-electron chi connectivity index (χ1n) is 15.2. The lowest BCUT2D eigenvalue weighted by Crippen LogP contribution is -2.14. The van der Waals surface area contributed by atoms with Gasteiger partial charge in [0.1, 0.15) is 0 Å². The maximum atomic E-state index is 5.03. The SMILES string of the molecule is CC1(C)c2ccccc2-c2cc(-c3cccc(-c4nc(-c5cccnc5)nc(-c5cccc(-c6ccccc6)c5)n4)c3)ccc21. The number of aromatic nitrogens is 4. The van der Waals surface area contributed by atoms with Crippen LogP contribution in [0.2, 0.25) is 0 Å². The third-order valence-electron chi connectivity index (χ3n) is 8.82. The van der Waals surface area contributed by atoms with Gasteiger partial charge in [0.25, 0.3) is 0 Å². The Morgan fingerprint density at radius 3 is 1.62 bits per heavy atom. The highest BCUT2D eigenvalue weighted by molar-refractivity contribution is 5.85. The van der Waals surface area contributed by atoms with Gasteiger partial charge in [-0.25, -0.2) is 15.0 Å². The number of hydrogen-bond donors (Lipinski definition) is 0. The topological polar surface area (TPSA) is 51.6 Å². The van der Waals surface area contributed by atoms with E-state index in [4.69, 9.17) is 15.0 Å². The fourth-order valence-electron chi connectivity index (χ4n) is 6.46. The molecule has 0 fully saturated rings. The number of benzene rings is 5. The first-order valence-corrected chi connectivity index (χ1v) is 15.2. The van der Waals surface area contributed by atoms with Crippen LogP contribution in [0.25, 0.3) is 67.5 Å². The molecular weight excluding hydrogens is 548 g/mol. The molecule has 214 valence electrons. The normalized spacial score (nSPS) is 12.8. The molecule has 0 spiro atoms. The van der Waals surface area contributed by atoms with Crippen molar-refractivity contribution in [3.05, 3.63) is 157 Å². The number of rotatable bonds is 5. The predicted octanol–water partition coefficient (Wildman–Crippen LogP) is 9.91. The van der Waals surface area contributed by atoms with Crippen LogP contribution in [0.5, 0.6) is 0 Å². The van der Waals surface area contributed by atoms with Crippen molar-refractivity contribution >= 4 is 0 Å². The van der Waals surface area contributed by atoms with Gasteiger partial charge in [0.2, 0.25) is 0 Å². The van der Waals surface area contributed by atoms with Crippen LogP contribution in [0, 0.1) is 0 Å². The van der Waals surface area contributed by atoms with Crippen LogP contribution in [0.1, 0.15) is 25.0 Å². The summed E-state index contributed by atoms with van der Waals surface area (Å²) in [7, 11) is 0. The monoisotopic (exact) mass is 578 g/mol. The molecule has 4 heteroatoms. The lowest BCUT2D eigenvalue weighted by molar-refractivity contribution is 0.660. The molecule has 2 heterocycles. The van der Waals surface area contributed by atoms with Gasteiger partial charge >= 0.3 is 0 Å². The van der Waals surface area contributed by atoms with Crippen LogP contribution < -0.4 is 0 Å². The molecule has 0 N–H and O–H groups in total. The molecule has 45 heavy (non-hydrogen) atoms. The van der Waals surface area contributed by atoms with Gasteiger partial charge in [-0.1, -0.05) is 117 Å². The van der Waals surface area contributed by atoms with Gasteiger partial charge in [0, 0.05) is 34.5 Å². The zero-order valence-corrected chi connectivity index (χ0v) is 25.1. The Hall–Kier alpha value is -5.74.